The van der Waals surface area contributed by atoms with E-state index in [4.69, 9.17) is 0 Å². The van der Waals surface area contributed by atoms with Crippen LogP contribution in [0.3, 0.4) is 0 Å². The van der Waals surface area contributed by atoms with Crippen LogP contribution in [0.15, 0.2) is 81.3 Å². The van der Waals surface area contributed by atoms with E-state index in [0.717, 1.165) is 41.0 Å². The first-order chi connectivity index (χ1) is 20.8. The van der Waals surface area contributed by atoms with Gasteiger partial charge in [-0.25, -0.2) is 0 Å². The Morgan fingerprint density at radius 2 is 1.00 bits per heavy atom. The van der Waals surface area contributed by atoms with E-state index < -0.39 is 0 Å². The molecule has 0 saturated heterocycles. The Hall–Kier alpha value is -3.76. The smallest absolute Gasteiger partial charge is 0.173 e. The molecule has 0 atom stereocenters. The predicted molar refractivity (Wildman–Crippen MR) is 173 cm³/mol. The fraction of sp³-hybridized carbons (Fsp3) is 0.474. The Morgan fingerprint density at radius 1 is 0.571 bits per heavy atom. The molecule has 0 heterocycles. The first-order valence-electron chi connectivity index (χ1n) is 16.4. The van der Waals surface area contributed by atoms with Crippen LogP contribution >= 0.6 is 0 Å². The van der Waals surface area contributed by atoms with Crippen LogP contribution in [0, 0.1) is 22.9 Å². The van der Waals surface area contributed by atoms with Gasteiger partial charge in [0, 0.05) is 11.8 Å². The van der Waals surface area contributed by atoms with Crippen LogP contribution in [0.25, 0.3) is 0 Å². The van der Waals surface area contributed by atoms with Gasteiger partial charge in [-0.3, -0.25) is 0 Å². The molecule has 2 aromatic carbocycles. The Bertz CT molecular complexity index is 1410. The van der Waals surface area contributed by atoms with Crippen LogP contribution in [-0.2, 0) is 0 Å². The molecule has 0 aliphatic heterocycles. The lowest BCUT2D eigenvalue weighted by Crippen LogP contribution is -2.36. The van der Waals surface area contributed by atoms with Crippen molar-refractivity contribution < 1.29 is 0 Å². The van der Waals surface area contributed by atoms with E-state index >= 15 is 0 Å². The summed E-state index contributed by atoms with van der Waals surface area (Å²) in [6.45, 7) is 2.28. The van der Waals surface area contributed by atoms with E-state index in [0.29, 0.717) is 0 Å². The van der Waals surface area contributed by atoms with Gasteiger partial charge in [0.2, 0.25) is 12.4 Å². The third-order valence-corrected chi connectivity index (χ3v) is 9.38. The number of benzene rings is 2. The Morgan fingerprint density at radius 3 is 1.45 bits per heavy atom. The number of aliphatic imine (C=N–C) groups is 2. The van der Waals surface area contributed by atoms with E-state index in [9.17, 15) is 10.5 Å². The highest BCUT2D eigenvalue weighted by Crippen LogP contribution is 2.57. The average Bonchev–Trinajstić information content (AvgIpc) is 3.02. The molecule has 0 N–H and O–H groups in total. The Labute approximate surface area is 252 Å². The van der Waals surface area contributed by atoms with Crippen LogP contribution in [-0.4, -0.2) is 11.4 Å². The summed E-state index contributed by atoms with van der Waals surface area (Å²) >= 11 is 0. The topological polar surface area (TPSA) is 72.3 Å². The summed E-state index contributed by atoms with van der Waals surface area (Å²) in [6, 6.07) is 17.2. The number of hydrogen-bond acceptors (Lipinski definition) is 4. The van der Waals surface area contributed by atoms with Crippen LogP contribution < -0.4 is 0 Å². The Kier molecular flexibility index (Phi) is 10.6. The lowest BCUT2D eigenvalue weighted by molar-refractivity contribution is 0.536. The Balaban J connectivity index is 1.21. The summed E-state index contributed by atoms with van der Waals surface area (Å²) in [5.41, 5.74) is 9.82. The maximum atomic E-state index is 9.78. The van der Waals surface area contributed by atoms with Crippen molar-refractivity contribution in [2.45, 2.75) is 115 Å². The van der Waals surface area contributed by atoms with Gasteiger partial charge in [-0.15, -0.1) is 0 Å². The zero-order chi connectivity index (χ0) is 29.1. The van der Waals surface area contributed by atoms with Crippen molar-refractivity contribution in [1.29, 1.82) is 10.5 Å². The quantitative estimate of drug-likeness (QED) is 0.124. The molecule has 2 aromatic rings. The highest BCUT2D eigenvalue weighted by molar-refractivity contribution is 6.29. The third kappa shape index (κ3) is 6.34. The highest BCUT2D eigenvalue weighted by atomic mass is 14.8. The molecule has 4 heteroatoms. The second-order valence-corrected chi connectivity index (χ2v) is 12.1. The minimum absolute atomic E-state index is 0.00608. The minimum Gasteiger partial charge on any atom is -0.173 e. The second kappa shape index (κ2) is 14.9. The SMILES string of the molecule is CCCCCCCCCCCCCCCCC1=CC(=NC#N)C2=C(C1=NC#N)C1c3ccccc3C2c2ccccc21. The molecule has 0 amide bonds. The third-order valence-electron chi connectivity index (χ3n) is 9.38. The van der Waals surface area contributed by atoms with E-state index in [1.807, 2.05) is 6.08 Å². The number of allylic oxidation sites excluding steroid dienone is 4. The predicted octanol–water partition coefficient (Wildman–Crippen LogP) is 10.2. The summed E-state index contributed by atoms with van der Waals surface area (Å²) in [6.07, 6.45) is 25.6. The average molecular weight is 557 g/mol. The van der Waals surface area contributed by atoms with Crippen LogP contribution in [0.2, 0.25) is 0 Å². The van der Waals surface area contributed by atoms with Crippen molar-refractivity contribution in [3.8, 4) is 12.4 Å². The molecule has 0 saturated carbocycles. The van der Waals surface area contributed by atoms with Gasteiger partial charge in [0.05, 0.1) is 11.4 Å². The molecular weight excluding hydrogens is 512 g/mol. The van der Waals surface area contributed by atoms with Crippen LogP contribution in [0.5, 0.6) is 0 Å². The van der Waals surface area contributed by atoms with Crippen LogP contribution in [0.4, 0.5) is 0 Å². The normalized spacial score (nSPS) is 20.1. The molecule has 42 heavy (non-hydrogen) atoms. The molecule has 216 valence electrons. The minimum atomic E-state index is -0.00718. The first kappa shape index (κ1) is 29.7. The number of nitrogens with zero attached hydrogens (tertiary/aromatic N) is 4. The van der Waals surface area contributed by atoms with E-state index in [-0.39, 0.29) is 11.8 Å². The maximum Gasteiger partial charge on any atom is 0.206 e. The highest BCUT2D eigenvalue weighted by Gasteiger charge is 2.47. The summed E-state index contributed by atoms with van der Waals surface area (Å²) in [5, 5.41) is 19.4. The molecular formula is C38H44N4. The van der Waals surface area contributed by atoms with Crippen molar-refractivity contribution in [2.24, 2.45) is 9.98 Å². The number of rotatable bonds is 15. The molecule has 4 nitrogen and oxygen atoms in total. The van der Waals surface area contributed by atoms with Gasteiger partial charge in [-0.2, -0.15) is 20.5 Å². The number of hydrogen-bond donors (Lipinski definition) is 0. The molecule has 0 spiro atoms. The fourth-order valence-corrected chi connectivity index (χ4v) is 7.40. The molecule has 4 aliphatic rings. The summed E-state index contributed by atoms with van der Waals surface area (Å²) in [5.74, 6) is -0.0133. The van der Waals surface area contributed by atoms with Crippen molar-refractivity contribution in [2.75, 3.05) is 0 Å². The van der Waals surface area contributed by atoms with Gasteiger partial charge in [0.25, 0.3) is 0 Å². The second-order valence-electron chi connectivity index (χ2n) is 12.1. The zero-order valence-corrected chi connectivity index (χ0v) is 25.2. The summed E-state index contributed by atoms with van der Waals surface area (Å²) in [4.78, 5) is 8.80. The van der Waals surface area contributed by atoms with E-state index in [1.165, 1.54) is 106 Å². The van der Waals surface area contributed by atoms with Gasteiger partial charge < -0.3 is 0 Å². The van der Waals surface area contributed by atoms with E-state index in [1.54, 1.807) is 0 Å². The maximum absolute atomic E-state index is 9.78. The van der Waals surface area contributed by atoms with Gasteiger partial charge in [-0.1, -0.05) is 139 Å². The van der Waals surface area contributed by atoms with Gasteiger partial charge in [0.1, 0.15) is 0 Å². The molecule has 0 radical (unpaired) electrons. The lowest BCUT2D eigenvalue weighted by atomic mass is 9.57. The molecule has 0 aromatic heterocycles. The van der Waals surface area contributed by atoms with Gasteiger partial charge >= 0.3 is 0 Å². The monoisotopic (exact) mass is 556 g/mol. The zero-order valence-electron chi connectivity index (χ0n) is 25.2. The van der Waals surface area contributed by atoms with Crippen LogP contribution in [0.1, 0.15) is 137 Å². The van der Waals surface area contributed by atoms with Crippen molar-refractivity contribution in [1.82, 2.24) is 0 Å². The standard InChI is InChI=1S/C38H44N4/c1-2-3-4-5-6-7-8-9-10-11-12-13-14-15-20-28-25-33(41-26-39)36-34-29-21-16-18-23-31(29)35(37(36)38(28)42-27-40)32-24-19-17-22-30(32)34/h16-19,21-25,34-35H,2-15,20H2,1H3. The van der Waals surface area contributed by atoms with Gasteiger partial charge in [0.15, 0.2) is 0 Å². The lowest BCUT2D eigenvalue weighted by Gasteiger charge is -2.45. The first-order valence-corrected chi connectivity index (χ1v) is 16.4. The van der Waals surface area contributed by atoms with E-state index in [2.05, 4.69) is 77.8 Å². The molecule has 2 bridgehead atoms. The van der Waals surface area contributed by atoms with Gasteiger partial charge in [-0.05, 0) is 57.9 Å². The van der Waals surface area contributed by atoms with Crippen molar-refractivity contribution in [3.05, 3.63) is 93.6 Å². The largest absolute Gasteiger partial charge is 0.206 e. The summed E-state index contributed by atoms with van der Waals surface area (Å²) in [7, 11) is 0. The summed E-state index contributed by atoms with van der Waals surface area (Å²) < 4.78 is 0. The molecule has 0 unspecified atom stereocenters. The molecule has 6 rings (SSSR count). The number of nitriles is 2. The molecule has 0 fully saturated rings. The van der Waals surface area contributed by atoms with Crippen molar-refractivity contribution in [3.63, 3.8) is 0 Å². The van der Waals surface area contributed by atoms with Crippen molar-refractivity contribution >= 4 is 11.4 Å². The fourth-order valence-electron chi connectivity index (χ4n) is 7.40. The number of unbranched alkanes of at least 4 members (excludes halogenated alkanes) is 13. The molecule has 4 aliphatic carbocycles.